The number of alkyl halides is 3. The molecular weight excluding hydrogens is 515 g/mol. The first-order valence-electron chi connectivity index (χ1n) is 12.5. The van der Waals surface area contributed by atoms with E-state index in [0.29, 0.717) is 16.7 Å². The molecular formula is C27H30F3N5O4. The summed E-state index contributed by atoms with van der Waals surface area (Å²) in [7, 11) is 0. The zero-order chi connectivity index (χ0) is 28.2. The minimum atomic E-state index is -4.80. The van der Waals surface area contributed by atoms with Crippen LogP contribution in [0.3, 0.4) is 0 Å². The first kappa shape index (κ1) is 28.1. The maximum atomic E-state index is 14.4. The Balaban J connectivity index is 1.64. The molecule has 1 aromatic heterocycles. The number of ether oxygens (including phenoxy) is 2. The Hall–Kier alpha value is -3.90. The average Bonchev–Trinajstić information content (AvgIpc) is 3.40. The van der Waals surface area contributed by atoms with Gasteiger partial charge in [-0.3, -0.25) is 4.79 Å². The second kappa shape index (κ2) is 11.9. The molecule has 1 saturated carbocycles. The van der Waals surface area contributed by atoms with Gasteiger partial charge >= 0.3 is 12.1 Å². The van der Waals surface area contributed by atoms with Gasteiger partial charge < -0.3 is 31.8 Å². The monoisotopic (exact) mass is 545 g/mol. The van der Waals surface area contributed by atoms with Crippen LogP contribution in [0.15, 0.2) is 48.5 Å². The van der Waals surface area contributed by atoms with E-state index in [1.807, 2.05) is 0 Å². The number of hydrogen-bond acceptors (Lipinski definition) is 8. The summed E-state index contributed by atoms with van der Waals surface area (Å²) in [4.78, 5) is 19.0. The van der Waals surface area contributed by atoms with Crippen LogP contribution in [0, 0.1) is 0 Å². The Morgan fingerprint density at radius 2 is 1.72 bits per heavy atom. The van der Waals surface area contributed by atoms with Crippen LogP contribution in [0.5, 0.6) is 11.6 Å². The van der Waals surface area contributed by atoms with E-state index >= 15 is 0 Å². The third-order valence-electron chi connectivity index (χ3n) is 6.47. The number of halogens is 3. The lowest BCUT2D eigenvalue weighted by Crippen LogP contribution is -2.32. The summed E-state index contributed by atoms with van der Waals surface area (Å²) in [5.74, 6) is -1.70. The Kier molecular flexibility index (Phi) is 8.56. The fraction of sp³-hybridized carbons (Fsp3) is 0.370. The van der Waals surface area contributed by atoms with Gasteiger partial charge in [0.1, 0.15) is 11.8 Å². The standard InChI is InChI=1S/C27H30F3N5O4/c28-27(29,30)24(19-10-7-16(14-31)12-22(19)38-18-3-1-2-4-18)39-23-13-21(34-26(33)35-23)17-8-5-15(6-9-17)11-20(32)25(36)37/h5-10,12-13,18,20,24H,1-4,11,14,31-32H2,(H,36,37)(H2,33,34,35). The topological polar surface area (TPSA) is 160 Å². The van der Waals surface area contributed by atoms with Gasteiger partial charge in [-0.25, -0.2) is 4.98 Å². The number of nitrogen functional groups attached to an aromatic ring is 1. The SMILES string of the molecule is NCc1ccc(C(Oc2cc(-c3ccc(CC(N)C(=O)O)cc3)nc(N)n2)C(F)(F)F)c(OC2CCCC2)c1. The molecule has 3 aromatic rings. The third kappa shape index (κ3) is 7.15. The van der Waals surface area contributed by atoms with Crippen molar-refractivity contribution < 1.29 is 32.5 Å². The van der Waals surface area contributed by atoms with Crippen LogP contribution >= 0.6 is 0 Å². The number of carboxylic acid groups (broad SMARTS) is 1. The number of hydrogen-bond donors (Lipinski definition) is 4. The number of aromatic nitrogens is 2. The Bertz CT molecular complexity index is 1300. The van der Waals surface area contributed by atoms with E-state index in [2.05, 4.69) is 9.97 Å². The summed E-state index contributed by atoms with van der Waals surface area (Å²) < 4.78 is 54.5. The van der Waals surface area contributed by atoms with E-state index in [9.17, 15) is 18.0 Å². The van der Waals surface area contributed by atoms with Gasteiger partial charge in [-0.2, -0.15) is 18.2 Å². The zero-order valence-electron chi connectivity index (χ0n) is 21.0. The molecule has 0 radical (unpaired) electrons. The number of aliphatic carboxylic acids is 1. The predicted octanol–water partition coefficient (Wildman–Crippen LogP) is 4.14. The molecule has 0 spiro atoms. The summed E-state index contributed by atoms with van der Waals surface area (Å²) in [6.07, 6.45) is -3.84. The van der Waals surface area contributed by atoms with Crippen molar-refractivity contribution in [1.82, 2.24) is 9.97 Å². The Morgan fingerprint density at radius 1 is 1.05 bits per heavy atom. The molecule has 2 aromatic carbocycles. The minimum absolute atomic E-state index is 0.0737. The molecule has 1 aliphatic rings. The lowest BCUT2D eigenvalue weighted by Gasteiger charge is -2.25. The summed E-state index contributed by atoms with van der Waals surface area (Å²) >= 11 is 0. The van der Waals surface area contributed by atoms with Gasteiger partial charge in [0.2, 0.25) is 17.9 Å². The second-order valence-electron chi connectivity index (χ2n) is 9.44. The van der Waals surface area contributed by atoms with Gasteiger partial charge in [-0.1, -0.05) is 36.4 Å². The molecule has 0 saturated heterocycles. The van der Waals surface area contributed by atoms with Crippen molar-refractivity contribution in [2.75, 3.05) is 5.73 Å². The van der Waals surface area contributed by atoms with Gasteiger partial charge in [-0.05, 0) is 49.3 Å². The van der Waals surface area contributed by atoms with E-state index in [0.717, 1.165) is 25.7 Å². The largest absolute Gasteiger partial charge is 0.490 e. The number of nitrogens with two attached hydrogens (primary N) is 3. The molecule has 7 N–H and O–H groups in total. The first-order valence-corrected chi connectivity index (χ1v) is 12.5. The molecule has 1 aliphatic carbocycles. The Morgan fingerprint density at radius 3 is 2.33 bits per heavy atom. The number of carbonyl (C=O) groups is 1. The average molecular weight is 546 g/mol. The normalized spacial score (nSPS) is 15.6. The van der Waals surface area contributed by atoms with Crippen LogP contribution in [0.4, 0.5) is 19.1 Å². The van der Waals surface area contributed by atoms with Crippen LogP contribution < -0.4 is 26.7 Å². The van der Waals surface area contributed by atoms with E-state index in [4.69, 9.17) is 31.8 Å². The number of anilines is 1. The quantitative estimate of drug-likeness (QED) is 0.294. The van der Waals surface area contributed by atoms with Gasteiger partial charge in [-0.15, -0.1) is 0 Å². The van der Waals surface area contributed by atoms with Crippen LogP contribution in [-0.4, -0.2) is 39.4 Å². The summed E-state index contributed by atoms with van der Waals surface area (Å²) in [6.45, 7) is 0.145. The van der Waals surface area contributed by atoms with Crippen molar-refractivity contribution in [3.05, 3.63) is 65.2 Å². The second-order valence-corrected chi connectivity index (χ2v) is 9.44. The number of nitrogens with zero attached hydrogens (tertiary/aromatic N) is 2. The fourth-order valence-electron chi connectivity index (χ4n) is 4.44. The molecule has 0 aliphatic heterocycles. The van der Waals surface area contributed by atoms with Crippen molar-refractivity contribution in [3.8, 4) is 22.9 Å². The lowest BCUT2D eigenvalue weighted by molar-refractivity contribution is -0.199. The van der Waals surface area contributed by atoms with Gasteiger partial charge in [0.05, 0.1) is 11.8 Å². The fourth-order valence-corrected chi connectivity index (χ4v) is 4.44. The minimum Gasteiger partial charge on any atom is -0.490 e. The highest BCUT2D eigenvalue weighted by Gasteiger charge is 2.45. The van der Waals surface area contributed by atoms with E-state index in [1.165, 1.54) is 24.3 Å². The van der Waals surface area contributed by atoms with Crippen LogP contribution in [0.1, 0.15) is 48.5 Å². The molecule has 0 amide bonds. The Labute approximate surface area is 223 Å². The van der Waals surface area contributed by atoms with Crippen molar-refractivity contribution in [1.29, 1.82) is 0 Å². The van der Waals surface area contributed by atoms with Gasteiger partial charge in [0.25, 0.3) is 0 Å². The van der Waals surface area contributed by atoms with E-state index in [-0.39, 0.29) is 47.9 Å². The third-order valence-corrected chi connectivity index (χ3v) is 6.47. The molecule has 1 fully saturated rings. The molecule has 2 unspecified atom stereocenters. The van der Waals surface area contributed by atoms with E-state index < -0.39 is 24.3 Å². The van der Waals surface area contributed by atoms with Crippen LogP contribution in [0.25, 0.3) is 11.3 Å². The molecule has 4 rings (SSSR count). The molecule has 1 heterocycles. The molecule has 0 bridgehead atoms. The van der Waals surface area contributed by atoms with Crippen LogP contribution in [-0.2, 0) is 17.8 Å². The zero-order valence-corrected chi connectivity index (χ0v) is 21.0. The molecule has 9 nitrogen and oxygen atoms in total. The summed E-state index contributed by atoms with van der Waals surface area (Å²) in [5.41, 5.74) is 19.0. The highest BCUT2D eigenvalue weighted by atomic mass is 19.4. The number of carboxylic acids is 1. The van der Waals surface area contributed by atoms with Gasteiger partial charge in [0, 0.05) is 23.7 Å². The van der Waals surface area contributed by atoms with Crippen LogP contribution in [0.2, 0.25) is 0 Å². The summed E-state index contributed by atoms with van der Waals surface area (Å²) in [5, 5.41) is 9.00. The van der Waals surface area contributed by atoms with E-state index in [1.54, 1.807) is 24.3 Å². The van der Waals surface area contributed by atoms with Crippen molar-refractivity contribution in [3.63, 3.8) is 0 Å². The summed E-state index contributed by atoms with van der Waals surface area (Å²) in [6, 6.07) is 11.1. The molecule has 39 heavy (non-hydrogen) atoms. The molecule has 208 valence electrons. The smallest absolute Gasteiger partial charge is 0.429 e. The highest BCUT2D eigenvalue weighted by molar-refractivity contribution is 5.73. The maximum absolute atomic E-state index is 14.4. The van der Waals surface area contributed by atoms with Crippen molar-refractivity contribution in [2.24, 2.45) is 11.5 Å². The number of benzene rings is 2. The number of rotatable bonds is 10. The first-order chi connectivity index (χ1) is 18.5. The predicted molar refractivity (Wildman–Crippen MR) is 138 cm³/mol. The van der Waals surface area contributed by atoms with Crippen molar-refractivity contribution >= 4 is 11.9 Å². The molecule has 2 atom stereocenters. The van der Waals surface area contributed by atoms with Crippen molar-refractivity contribution in [2.45, 2.75) is 63.1 Å². The molecule has 12 heteroatoms. The lowest BCUT2D eigenvalue weighted by atomic mass is 10.0. The van der Waals surface area contributed by atoms with Gasteiger partial charge in [0.15, 0.2) is 0 Å². The highest BCUT2D eigenvalue weighted by Crippen LogP contribution is 2.42. The maximum Gasteiger partial charge on any atom is 0.429 e.